The van der Waals surface area contributed by atoms with Crippen molar-refractivity contribution < 1.29 is 23.5 Å². The summed E-state index contributed by atoms with van der Waals surface area (Å²) in [5.74, 6) is -1.80. The van der Waals surface area contributed by atoms with Crippen LogP contribution in [0.5, 0.6) is 0 Å². The Morgan fingerprint density at radius 2 is 1.88 bits per heavy atom. The summed E-state index contributed by atoms with van der Waals surface area (Å²) >= 11 is 0. The molecule has 42 heavy (non-hydrogen) atoms. The average Bonchev–Trinajstić information content (AvgIpc) is 3.43. The molecule has 0 bridgehead atoms. The molecular formula is C30H26N6O6. The van der Waals surface area contributed by atoms with Crippen LogP contribution in [0.25, 0.3) is 22.5 Å². The first kappa shape index (κ1) is 27.9. The van der Waals surface area contributed by atoms with Crippen LogP contribution in [0.1, 0.15) is 33.5 Å². The van der Waals surface area contributed by atoms with Gasteiger partial charge in [-0.25, -0.2) is 14.8 Å². The van der Waals surface area contributed by atoms with Gasteiger partial charge in [0.2, 0.25) is 11.7 Å². The number of fused-ring (bicyclic) bond motifs is 1. The Hall–Kier alpha value is -5.65. The third kappa shape index (κ3) is 6.07. The zero-order chi connectivity index (χ0) is 29.6. The number of esters is 1. The SMILES string of the molecule is CCOC(=O)c1ccc2oc(C(=O)C(Cc3ccccc3)NC(=O)Cn3c(-c4cccnc4)ncc(N)c3=O)nc2c1. The lowest BCUT2D eigenvalue weighted by Gasteiger charge is -2.18. The molecule has 2 aromatic carbocycles. The Morgan fingerprint density at radius 3 is 2.62 bits per heavy atom. The van der Waals surface area contributed by atoms with E-state index in [0.717, 1.165) is 10.1 Å². The molecule has 1 unspecified atom stereocenters. The smallest absolute Gasteiger partial charge is 0.338 e. The first-order valence-electron chi connectivity index (χ1n) is 13.0. The van der Waals surface area contributed by atoms with Gasteiger partial charge in [0.25, 0.3) is 11.4 Å². The number of benzene rings is 2. The van der Waals surface area contributed by atoms with Crippen LogP contribution in [-0.2, 0) is 22.5 Å². The molecule has 5 rings (SSSR count). The number of Topliss-reactive ketones (excluding diaryl/α,β-unsaturated/α-hetero) is 1. The van der Waals surface area contributed by atoms with Crippen LogP contribution in [0.15, 0.2) is 88.5 Å². The summed E-state index contributed by atoms with van der Waals surface area (Å²) in [7, 11) is 0. The van der Waals surface area contributed by atoms with Gasteiger partial charge in [0, 0.05) is 24.4 Å². The number of hydrogen-bond donors (Lipinski definition) is 2. The van der Waals surface area contributed by atoms with E-state index in [1.54, 1.807) is 25.3 Å². The molecule has 0 fully saturated rings. The van der Waals surface area contributed by atoms with Gasteiger partial charge in [0.1, 0.15) is 29.6 Å². The number of carbonyl (C=O) groups is 3. The van der Waals surface area contributed by atoms with Gasteiger partial charge >= 0.3 is 5.97 Å². The number of anilines is 1. The van der Waals surface area contributed by atoms with Gasteiger partial charge in [-0.3, -0.25) is 23.9 Å². The maximum Gasteiger partial charge on any atom is 0.338 e. The summed E-state index contributed by atoms with van der Waals surface area (Å²) in [6.45, 7) is 1.45. The van der Waals surface area contributed by atoms with Crippen LogP contribution in [0.2, 0.25) is 0 Å². The highest BCUT2D eigenvalue weighted by molar-refractivity contribution is 6.01. The van der Waals surface area contributed by atoms with Crippen molar-refractivity contribution in [1.82, 2.24) is 24.8 Å². The van der Waals surface area contributed by atoms with E-state index in [2.05, 4.69) is 20.3 Å². The van der Waals surface area contributed by atoms with Crippen molar-refractivity contribution in [3.63, 3.8) is 0 Å². The molecule has 12 heteroatoms. The minimum absolute atomic E-state index is 0.123. The highest BCUT2D eigenvalue weighted by atomic mass is 16.5. The summed E-state index contributed by atoms with van der Waals surface area (Å²) in [6, 6.07) is 15.9. The van der Waals surface area contributed by atoms with E-state index in [9.17, 15) is 19.2 Å². The summed E-state index contributed by atoms with van der Waals surface area (Å²) in [6.07, 6.45) is 4.42. The van der Waals surface area contributed by atoms with Gasteiger partial charge in [0.15, 0.2) is 5.58 Å². The maximum absolute atomic E-state index is 13.7. The Bertz CT molecular complexity index is 1820. The number of nitrogens with two attached hydrogens (primary N) is 1. The quantitative estimate of drug-likeness (QED) is 0.189. The summed E-state index contributed by atoms with van der Waals surface area (Å²) < 4.78 is 11.9. The molecule has 0 aliphatic heterocycles. The van der Waals surface area contributed by atoms with E-state index in [0.29, 0.717) is 5.56 Å². The number of ether oxygens (including phenoxy) is 1. The lowest BCUT2D eigenvalue weighted by atomic mass is 10.0. The molecule has 3 aromatic heterocycles. The highest BCUT2D eigenvalue weighted by Gasteiger charge is 2.28. The van der Waals surface area contributed by atoms with Gasteiger partial charge in [0.05, 0.1) is 18.4 Å². The van der Waals surface area contributed by atoms with Crippen LogP contribution in [-0.4, -0.2) is 49.8 Å². The van der Waals surface area contributed by atoms with Crippen molar-refractivity contribution in [3.05, 3.63) is 107 Å². The van der Waals surface area contributed by atoms with E-state index in [1.165, 1.54) is 30.6 Å². The second-order valence-corrected chi connectivity index (χ2v) is 9.27. The van der Waals surface area contributed by atoms with E-state index in [4.69, 9.17) is 14.9 Å². The van der Waals surface area contributed by atoms with Crippen molar-refractivity contribution in [2.24, 2.45) is 0 Å². The molecule has 5 aromatic rings. The number of ketones is 1. The Kier molecular flexibility index (Phi) is 8.14. The summed E-state index contributed by atoms with van der Waals surface area (Å²) in [4.78, 5) is 64.6. The van der Waals surface area contributed by atoms with E-state index in [1.807, 2.05) is 30.3 Å². The fraction of sp³-hybridized carbons (Fsp3) is 0.167. The number of pyridine rings is 1. The first-order chi connectivity index (χ1) is 20.3. The van der Waals surface area contributed by atoms with Gasteiger partial charge in [-0.2, -0.15) is 0 Å². The predicted molar refractivity (Wildman–Crippen MR) is 153 cm³/mol. The normalized spacial score (nSPS) is 11.6. The van der Waals surface area contributed by atoms with Crippen LogP contribution in [0.3, 0.4) is 0 Å². The highest BCUT2D eigenvalue weighted by Crippen LogP contribution is 2.20. The predicted octanol–water partition coefficient (Wildman–Crippen LogP) is 2.82. The molecule has 0 saturated heterocycles. The number of nitrogens with zero attached hydrogens (tertiary/aromatic N) is 4. The molecule has 3 heterocycles. The van der Waals surface area contributed by atoms with Crippen molar-refractivity contribution >= 4 is 34.4 Å². The van der Waals surface area contributed by atoms with Gasteiger partial charge in [-0.1, -0.05) is 30.3 Å². The lowest BCUT2D eigenvalue weighted by molar-refractivity contribution is -0.122. The number of aromatic nitrogens is 4. The zero-order valence-corrected chi connectivity index (χ0v) is 22.5. The monoisotopic (exact) mass is 566 g/mol. The number of nitrogen functional groups attached to an aromatic ring is 1. The number of carbonyl (C=O) groups excluding carboxylic acids is 3. The van der Waals surface area contributed by atoms with Gasteiger partial charge in [-0.05, 0) is 42.8 Å². The van der Waals surface area contributed by atoms with E-state index in [-0.39, 0.29) is 47.1 Å². The number of oxazole rings is 1. The molecular weight excluding hydrogens is 540 g/mol. The Balaban J connectivity index is 1.44. The molecule has 0 aliphatic rings. The number of nitrogens with one attached hydrogen (secondary N) is 1. The van der Waals surface area contributed by atoms with Crippen molar-refractivity contribution in [1.29, 1.82) is 0 Å². The average molecular weight is 567 g/mol. The van der Waals surface area contributed by atoms with Crippen LogP contribution < -0.4 is 16.6 Å². The summed E-state index contributed by atoms with van der Waals surface area (Å²) in [5, 5.41) is 2.72. The number of amides is 1. The molecule has 12 nitrogen and oxygen atoms in total. The molecule has 1 atom stereocenters. The van der Waals surface area contributed by atoms with E-state index >= 15 is 0 Å². The second-order valence-electron chi connectivity index (χ2n) is 9.27. The molecule has 212 valence electrons. The van der Waals surface area contributed by atoms with Crippen molar-refractivity contribution in [2.45, 2.75) is 25.9 Å². The molecule has 0 saturated carbocycles. The standard InChI is InChI=1S/C30H26N6O6/c1-2-41-30(40)19-10-11-24-22(14-19)35-28(42-24)26(38)23(13-18-7-4-3-5-8-18)34-25(37)17-36-27(20-9-6-12-32-15-20)33-16-21(31)29(36)39/h3-12,14-16,23H,2,13,17,31H2,1H3,(H,34,37). The third-order valence-corrected chi connectivity index (χ3v) is 6.34. The lowest BCUT2D eigenvalue weighted by Crippen LogP contribution is -2.45. The fourth-order valence-electron chi connectivity index (χ4n) is 4.35. The van der Waals surface area contributed by atoms with Gasteiger partial charge in [-0.15, -0.1) is 0 Å². The fourth-order valence-corrected chi connectivity index (χ4v) is 4.35. The molecule has 0 aliphatic carbocycles. The Morgan fingerprint density at radius 1 is 1.07 bits per heavy atom. The zero-order valence-electron chi connectivity index (χ0n) is 22.5. The van der Waals surface area contributed by atoms with Crippen LogP contribution >= 0.6 is 0 Å². The minimum Gasteiger partial charge on any atom is -0.462 e. The topological polar surface area (TPSA) is 172 Å². The largest absolute Gasteiger partial charge is 0.462 e. The van der Waals surface area contributed by atoms with Crippen LogP contribution in [0, 0.1) is 0 Å². The third-order valence-electron chi connectivity index (χ3n) is 6.34. The molecule has 3 N–H and O–H groups in total. The first-order valence-corrected chi connectivity index (χ1v) is 13.0. The molecule has 0 radical (unpaired) electrons. The Labute approximate surface area is 239 Å². The van der Waals surface area contributed by atoms with E-state index < -0.39 is 35.8 Å². The number of rotatable bonds is 10. The van der Waals surface area contributed by atoms with Gasteiger partial charge < -0.3 is 20.2 Å². The number of hydrogen-bond acceptors (Lipinski definition) is 10. The van der Waals surface area contributed by atoms with Crippen molar-refractivity contribution in [3.8, 4) is 11.4 Å². The molecule has 1 amide bonds. The van der Waals surface area contributed by atoms with Crippen molar-refractivity contribution in [2.75, 3.05) is 12.3 Å². The maximum atomic E-state index is 13.7. The minimum atomic E-state index is -1.09. The molecule has 0 spiro atoms. The van der Waals surface area contributed by atoms with Crippen LogP contribution in [0.4, 0.5) is 5.69 Å². The summed E-state index contributed by atoms with van der Waals surface area (Å²) in [5.41, 5.74) is 7.17. The second kappa shape index (κ2) is 12.3.